The zero-order valence-electron chi connectivity index (χ0n) is 17.2. The van der Waals surface area contributed by atoms with Gasteiger partial charge in [-0.05, 0) is 55.2 Å². The standard InChI is InChI=1S/C25H21N3O4/c29-16-19-6-5-18(13-19)4-2-1-3-17-7-9-20(10-8-17)24-14-21(25(30)27-31)22-15-28(32)12-11-23(22)26-24/h7-12,14-15,18-19,29H,5-6,13,16H2,(H2-,26,27,30,31,32)/p+1. The summed E-state index contributed by atoms with van der Waals surface area (Å²) in [5, 5.41) is 28.4. The number of nitrogens with one attached hydrogen (secondary N) is 1. The summed E-state index contributed by atoms with van der Waals surface area (Å²) in [4.78, 5) is 16.7. The molecule has 1 saturated carbocycles. The molecule has 3 aromatic rings. The first-order valence-corrected chi connectivity index (χ1v) is 10.3. The molecule has 32 heavy (non-hydrogen) atoms. The third-order valence-electron chi connectivity index (χ3n) is 5.61. The Morgan fingerprint density at radius 1 is 1.19 bits per heavy atom. The third kappa shape index (κ3) is 4.70. The fourth-order valence-electron chi connectivity index (χ4n) is 3.89. The Hall–Kier alpha value is -3.91. The molecule has 2 heterocycles. The highest BCUT2D eigenvalue weighted by Gasteiger charge is 2.22. The summed E-state index contributed by atoms with van der Waals surface area (Å²) in [6, 6.07) is 10.5. The molecular formula is C25H22N3O4+. The van der Waals surface area contributed by atoms with Crippen molar-refractivity contribution in [3.63, 3.8) is 0 Å². The van der Waals surface area contributed by atoms with Gasteiger partial charge in [0.05, 0.1) is 22.2 Å². The number of pyridine rings is 2. The molecule has 4 rings (SSSR count). The number of hydroxylamine groups is 1. The lowest BCUT2D eigenvalue weighted by Crippen LogP contribution is -2.29. The van der Waals surface area contributed by atoms with E-state index in [2.05, 4.69) is 28.7 Å². The molecule has 1 aliphatic rings. The van der Waals surface area contributed by atoms with Gasteiger partial charge in [-0.15, -0.1) is 0 Å². The number of amides is 1. The highest BCUT2D eigenvalue weighted by molar-refractivity contribution is 6.06. The molecule has 1 aliphatic carbocycles. The van der Waals surface area contributed by atoms with E-state index in [0.29, 0.717) is 28.4 Å². The fraction of sp³-hybridized carbons (Fsp3) is 0.240. The minimum atomic E-state index is -0.696. The predicted octanol–water partition coefficient (Wildman–Crippen LogP) is 2.31. The Bertz CT molecular complexity index is 1280. The predicted molar refractivity (Wildman–Crippen MR) is 116 cm³/mol. The molecular weight excluding hydrogens is 406 g/mol. The van der Waals surface area contributed by atoms with Crippen molar-refractivity contribution < 1.29 is 25.0 Å². The molecule has 0 bridgehead atoms. The van der Waals surface area contributed by atoms with Crippen molar-refractivity contribution in [1.29, 1.82) is 0 Å². The highest BCUT2D eigenvalue weighted by atomic mass is 16.5. The SMILES string of the molecule is O=C(NO)c1cc(-c2ccc(C#CC#CC3CCC(CO)C3)cc2)nc2cc[n+](O)cc12. The molecule has 7 nitrogen and oxygen atoms in total. The number of nitrogens with zero attached hydrogens (tertiary/aromatic N) is 2. The molecule has 4 N–H and O–H groups in total. The van der Waals surface area contributed by atoms with E-state index in [1.165, 1.54) is 12.4 Å². The van der Waals surface area contributed by atoms with Gasteiger partial charge >= 0.3 is 0 Å². The van der Waals surface area contributed by atoms with Crippen LogP contribution in [0.5, 0.6) is 0 Å². The molecule has 0 radical (unpaired) electrons. The maximum atomic E-state index is 12.1. The molecule has 160 valence electrons. The smallest absolute Gasteiger partial charge is 0.275 e. The number of hydrogen-bond acceptors (Lipinski definition) is 5. The van der Waals surface area contributed by atoms with Crippen LogP contribution in [0.15, 0.2) is 48.8 Å². The number of rotatable bonds is 3. The lowest BCUT2D eigenvalue weighted by Gasteiger charge is -2.07. The van der Waals surface area contributed by atoms with Crippen LogP contribution < -0.4 is 10.2 Å². The highest BCUT2D eigenvalue weighted by Crippen LogP contribution is 2.29. The van der Waals surface area contributed by atoms with Gasteiger partial charge in [0, 0.05) is 34.4 Å². The lowest BCUT2D eigenvalue weighted by atomic mass is 10.0. The normalized spacial score (nSPS) is 17.2. The van der Waals surface area contributed by atoms with Crippen molar-refractivity contribution in [1.82, 2.24) is 10.5 Å². The van der Waals surface area contributed by atoms with Crippen LogP contribution in [0.1, 0.15) is 35.2 Å². The van der Waals surface area contributed by atoms with Gasteiger partial charge in [-0.2, -0.15) is 0 Å². The van der Waals surface area contributed by atoms with Crippen LogP contribution in [0.3, 0.4) is 0 Å². The molecule has 2 aromatic heterocycles. The topological polar surface area (TPSA) is 107 Å². The summed E-state index contributed by atoms with van der Waals surface area (Å²) < 4.78 is 0.825. The van der Waals surface area contributed by atoms with Crippen LogP contribution >= 0.6 is 0 Å². The zero-order chi connectivity index (χ0) is 22.5. The van der Waals surface area contributed by atoms with Gasteiger partial charge in [-0.3, -0.25) is 15.2 Å². The van der Waals surface area contributed by atoms with E-state index in [9.17, 15) is 15.1 Å². The molecule has 0 saturated heterocycles. The largest absolute Gasteiger partial charge is 0.396 e. The summed E-state index contributed by atoms with van der Waals surface area (Å²) in [7, 11) is 0. The van der Waals surface area contributed by atoms with Crippen LogP contribution in [0, 0.1) is 35.5 Å². The molecule has 2 atom stereocenters. The first-order valence-electron chi connectivity index (χ1n) is 10.3. The van der Waals surface area contributed by atoms with Gasteiger partial charge in [-0.25, -0.2) is 10.5 Å². The first-order chi connectivity index (χ1) is 15.6. The Morgan fingerprint density at radius 2 is 2.00 bits per heavy atom. The minimum absolute atomic E-state index is 0.186. The van der Waals surface area contributed by atoms with Crippen LogP contribution in [-0.2, 0) is 0 Å². The van der Waals surface area contributed by atoms with Gasteiger partial charge in [-0.1, -0.05) is 24.0 Å². The fourth-order valence-corrected chi connectivity index (χ4v) is 3.89. The van der Waals surface area contributed by atoms with Gasteiger partial charge in [0.15, 0.2) is 0 Å². The van der Waals surface area contributed by atoms with Crippen molar-refractivity contribution in [2.45, 2.75) is 19.3 Å². The molecule has 1 aromatic carbocycles. The van der Waals surface area contributed by atoms with Crippen molar-refractivity contribution >= 4 is 16.8 Å². The molecule has 0 aliphatic heterocycles. The van der Waals surface area contributed by atoms with Gasteiger partial charge < -0.3 is 5.11 Å². The third-order valence-corrected chi connectivity index (χ3v) is 5.61. The molecule has 2 unspecified atom stereocenters. The number of benzene rings is 1. The number of aliphatic hydroxyl groups is 1. The van der Waals surface area contributed by atoms with Crippen LogP contribution in [0.25, 0.3) is 22.2 Å². The van der Waals surface area contributed by atoms with Crippen LogP contribution in [-0.4, -0.2) is 33.0 Å². The number of aromatic nitrogens is 2. The van der Waals surface area contributed by atoms with Crippen molar-refractivity contribution in [3.8, 4) is 34.9 Å². The van der Waals surface area contributed by atoms with Crippen LogP contribution in [0.2, 0.25) is 0 Å². The van der Waals surface area contributed by atoms with Crippen molar-refractivity contribution in [3.05, 3.63) is 59.9 Å². The second-order valence-corrected chi connectivity index (χ2v) is 7.78. The van der Waals surface area contributed by atoms with Gasteiger partial charge in [0.1, 0.15) is 0 Å². The average Bonchev–Trinajstić information content (AvgIpc) is 3.29. The number of hydrogen-bond donors (Lipinski definition) is 4. The minimum Gasteiger partial charge on any atom is -0.396 e. The zero-order valence-corrected chi connectivity index (χ0v) is 17.2. The molecule has 1 fully saturated rings. The first kappa shape index (κ1) is 21.3. The Morgan fingerprint density at radius 3 is 2.72 bits per heavy atom. The average molecular weight is 428 g/mol. The summed E-state index contributed by atoms with van der Waals surface area (Å²) in [6.07, 6.45) is 5.74. The van der Waals surface area contributed by atoms with E-state index >= 15 is 0 Å². The Kier molecular flexibility index (Phi) is 6.32. The number of carbonyl (C=O) groups excluding carboxylic acids is 1. The van der Waals surface area contributed by atoms with Crippen LogP contribution in [0.4, 0.5) is 0 Å². The molecule has 7 heteroatoms. The second-order valence-electron chi connectivity index (χ2n) is 7.78. The Balaban J connectivity index is 1.56. The molecule has 0 spiro atoms. The second kappa shape index (κ2) is 9.49. The summed E-state index contributed by atoms with van der Waals surface area (Å²) in [5.74, 6) is 12.0. The van der Waals surface area contributed by atoms with Gasteiger partial charge in [0.2, 0.25) is 12.4 Å². The Labute approximate surface area is 185 Å². The van der Waals surface area contributed by atoms with Gasteiger partial charge in [0.25, 0.3) is 5.91 Å². The monoisotopic (exact) mass is 428 g/mol. The van der Waals surface area contributed by atoms with E-state index < -0.39 is 5.91 Å². The maximum absolute atomic E-state index is 12.1. The summed E-state index contributed by atoms with van der Waals surface area (Å²) in [6.45, 7) is 0.232. The van der Waals surface area contributed by atoms with Crippen molar-refractivity contribution in [2.24, 2.45) is 11.8 Å². The van der Waals surface area contributed by atoms with E-state index in [-0.39, 0.29) is 12.2 Å². The maximum Gasteiger partial charge on any atom is 0.275 e. The van der Waals surface area contributed by atoms with E-state index in [1.54, 1.807) is 17.6 Å². The molecule has 1 amide bonds. The van der Waals surface area contributed by atoms with E-state index in [1.807, 2.05) is 24.3 Å². The van der Waals surface area contributed by atoms with E-state index in [4.69, 9.17) is 5.21 Å². The number of carbonyl (C=O) groups is 1. The summed E-state index contributed by atoms with van der Waals surface area (Å²) in [5.41, 5.74) is 4.45. The number of aliphatic hydroxyl groups excluding tert-OH is 1. The quantitative estimate of drug-likeness (QED) is 0.168. The van der Waals surface area contributed by atoms with E-state index in [0.717, 1.165) is 35.1 Å². The number of fused-ring (bicyclic) bond motifs is 1. The lowest BCUT2D eigenvalue weighted by molar-refractivity contribution is -0.904. The summed E-state index contributed by atoms with van der Waals surface area (Å²) >= 11 is 0. The van der Waals surface area contributed by atoms with Crippen molar-refractivity contribution in [2.75, 3.05) is 6.61 Å².